The summed E-state index contributed by atoms with van der Waals surface area (Å²) in [4.78, 5) is 0. The molecule has 20 heavy (non-hydrogen) atoms. The molecule has 1 nitrogen and oxygen atoms in total. The molecule has 1 unspecified atom stereocenters. The summed E-state index contributed by atoms with van der Waals surface area (Å²) in [5, 5.41) is 0. The highest BCUT2D eigenvalue weighted by atomic mass is 19.1. The molecule has 2 rings (SSSR count). The van der Waals surface area contributed by atoms with Crippen LogP contribution in [0.25, 0.3) is 0 Å². The molecule has 0 radical (unpaired) electrons. The molecule has 3 heteroatoms. The van der Waals surface area contributed by atoms with Crippen LogP contribution in [0.1, 0.15) is 33.9 Å². The fourth-order valence-electron chi connectivity index (χ4n) is 2.44. The lowest BCUT2D eigenvalue weighted by molar-refractivity contribution is 0.539. The average Bonchev–Trinajstić information content (AvgIpc) is 2.38. The van der Waals surface area contributed by atoms with E-state index in [1.54, 1.807) is 0 Å². The predicted molar refractivity (Wildman–Crippen MR) is 77.6 cm³/mol. The van der Waals surface area contributed by atoms with Gasteiger partial charge in [-0.1, -0.05) is 18.2 Å². The molecule has 0 aliphatic rings. The highest BCUT2D eigenvalue weighted by Gasteiger charge is 2.16. The van der Waals surface area contributed by atoms with Crippen molar-refractivity contribution in [1.82, 2.24) is 0 Å². The third-order valence-electron chi connectivity index (χ3n) is 3.77. The first-order valence-electron chi connectivity index (χ1n) is 6.66. The fourth-order valence-corrected chi connectivity index (χ4v) is 2.44. The van der Waals surface area contributed by atoms with E-state index in [0.29, 0.717) is 0 Å². The largest absolute Gasteiger partial charge is 0.324 e. The molecule has 0 saturated carbocycles. The lowest BCUT2D eigenvalue weighted by atomic mass is 9.92. The van der Waals surface area contributed by atoms with Crippen molar-refractivity contribution in [1.29, 1.82) is 0 Å². The van der Waals surface area contributed by atoms with E-state index in [0.717, 1.165) is 16.7 Å². The van der Waals surface area contributed by atoms with Gasteiger partial charge in [-0.3, -0.25) is 0 Å². The maximum Gasteiger partial charge on any atom is 0.129 e. The van der Waals surface area contributed by atoms with Gasteiger partial charge in [0.2, 0.25) is 0 Å². The van der Waals surface area contributed by atoms with Crippen molar-refractivity contribution in [2.24, 2.45) is 5.73 Å². The summed E-state index contributed by atoms with van der Waals surface area (Å²) in [6.45, 7) is 6.02. The molecule has 2 N–H and O–H groups in total. The molecule has 0 saturated heterocycles. The van der Waals surface area contributed by atoms with Crippen LogP contribution >= 0.6 is 0 Å². The average molecular weight is 275 g/mol. The summed E-state index contributed by atoms with van der Waals surface area (Å²) >= 11 is 0. The van der Waals surface area contributed by atoms with Gasteiger partial charge in [-0.25, -0.2) is 8.78 Å². The molecule has 2 aromatic carbocycles. The van der Waals surface area contributed by atoms with Crippen LogP contribution in [0.5, 0.6) is 0 Å². The summed E-state index contributed by atoms with van der Waals surface area (Å²) in [5.41, 5.74) is 10.5. The number of aryl methyl sites for hydroxylation is 3. The van der Waals surface area contributed by atoms with Crippen molar-refractivity contribution in [3.05, 3.63) is 69.8 Å². The van der Waals surface area contributed by atoms with Gasteiger partial charge in [0.15, 0.2) is 0 Å². The number of nitrogens with two attached hydrogens (primary N) is 1. The van der Waals surface area contributed by atoms with Crippen molar-refractivity contribution >= 4 is 0 Å². The molecule has 0 bridgehead atoms. The van der Waals surface area contributed by atoms with E-state index in [1.807, 2.05) is 26.8 Å². The summed E-state index contributed by atoms with van der Waals surface area (Å²) < 4.78 is 27.3. The van der Waals surface area contributed by atoms with E-state index < -0.39 is 17.7 Å². The number of hydrogen-bond donors (Lipinski definition) is 1. The van der Waals surface area contributed by atoms with Gasteiger partial charge in [0.1, 0.15) is 11.6 Å². The first kappa shape index (κ1) is 14.7. The molecule has 0 amide bonds. The van der Waals surface area contributed by atoms with Crippen LogP contribution in [0, 0.1) is 32.4 Å². The van der Waals surface area contributed by atoms with E-state index in [2.05, 4.69) is 6.07 Å². The van der Waals surface area contributed by atoms with Gasteiger partial charge in [0.05, 0.1) is 0 Å². The van der Waals surface area contributed by atoms with Crippen molar-refractivity contribution in [3.8, 4) is 0 Å². The zero-order valence-electron chi connectivity index (χ0n) is 12.0. The Bertz CT molecular complexity index is 615. The predicted octanol–water partition coefficient (Wildman–Crippen LogP) is 4.13. The van der Waals surface area contributed by atoms with Crippen molar-refractivity contribution < 1.29 is 8.78 Å². The van der Waals surface area contributed by atoms with Gasteiger partial charge in [0.25, 0.3) is 0 Å². The Morgan fingerprint density at radius 3 is 2.10 bits per heavy atom. The summed E-state index contributed by atoms with van der Waals surface area (Å²) in [6.07, 6.45) is 0.155. The van der Waals surface area contributed by atoms with Gasteiger partial charge in [0, 0.05) is 11.6 Å². The molecule has 0 aromatic heterocycles. The van der Waals surface area contributed by atoms with E-state index in [9.17, 15) is 8.78 Å². The zero-order chi connectivity index (χ0) is 14.9. The maximum atomic E-state index is 13.7. The normalized spacial score (nSPS) is 12.5. The lowest BCUT2D eigenvalue weighted by Crippen LogP contribution is -2.17. The molecular weight excluding hydrogens is 256 g/mol. The Kier molecular flexibility index (Phi) is 4.19. The quantitative estimate of drug-likeness (QED) is 0.895. The van der Waals surface area contributed by atoms with E-state index in [1.165, 1.54) is 23.8 Å². The standard InChI is InChI=1S/C17H19F2N/c1-10-7-12(3)13(8-11(10)2)17(20)9-14-15(18)5-4-6-16(14)19/h4-8,17H,9,20H2,1-3H3. The van der Waals surface area contributed by atoms with E-state index >= 15 is 0 Å². The van der Waals surface area contributed by atoms with Gasteiger partial charge >= 0.3 is 0 Å². The number of halogens is 2. The van der Waals surface area contributed by atoms with Crippen LogP contribution in [0.3, 0.4) is 0 Å². The fraction of sp³-hybridized carbons (Fsp3) is 0.294. The molecule has 0 fully saturated rings. The zero-order valence-corrected chi connectivity index (χ0v) is 12.0. The van der Waals surface area contributed by atoms with Crippen molar-refractivity contribution in [3.63, 3.8) is 0 Å². The van der Waals surface area contributed by atoms with E-state index in [-0.39, 0.29) is 12.0 Å². The van der Waals surface area contributed by atoms with Crippen LogP contribution in [-0.4, -0.2) is 0 Å². The summed E-state index contributed by atoms with van der Waals surface area (Å²) in [7, 11) is 0. The molecule has 106 valence electrons. The smallest absolute Gasteiger partial charge is 0.129 e. The third-order valence-corrected chi connectivity index (χ3v) is 3.77. The van der Waals surface area contributed by atoms with Gasteiger partial charge in [-0.05, 0) is 61.6 Å². The minimum atomic E-state index is -0.540. The Balaban J connectivity index is 2.33. The Hall–Kier alpha value is -1.74. The first-order chi connectivity index (χ1) is 9.40. The number of rotatable bonds is 3. The van der Waals surface area contributed by atoms with Gasteiger partial charge in [-0.2, -0.15) is 0 Å². The van der Waals surface area contributed by atoms with Crippen LogP contribution in [-0.2, 0) is 6.42 Å². The lowest BCUT2D eigenvalue weighted by Gasteiger charge is -2.17. The summed E-state index contributed by atoms with van der Waals surface area (Å²) in [6, 6.07) is 7.54. The SMILES string of the molecule is Cc1cc(C)c(C(N)Cc2c(F)cccc2F)cc1C. The van der Waals surface area contributed by atoms with Crippen LogP contribution in [0.2, 0.25) is 0 Å². The molecule has 1 atom stereocenters. The second-order valence-corrected chi connectivity index (χ2v) is 5.30. The Labute approximate surface area is 118 Å². The van der Waals surface area contributed by atoms with Gasteiger partial charge < -0.3 is 5.73 Å². The number of hydrogen-bond acceptors (Lipinski definition) is 1. The number of benzene rings is 2. The molecule has 0 spiro atoms. The van der Waals surface area contributed by atoms with Crippen molar-refractivity contribution in [2.75, 3.05) is 0 Å². The minimum absolute atomic E-state index is 0.0534. The van der Waals surface area contributed by atoms with Crippen LogP contribution in [0.15, 0.2) is 30.3 Å². The maximum absolute atomic E-state index is 13.7. The molecular formula is C17H19F2N. The molecule has 2 aromatic rings. The summed E-state index contributed by atoms with van der Waals surface area (Å²) in [5.74, 6) is -1.08. The Morgan fingerprint density at radius 2 is 1.50 bits per heavy atom. The van der Waals surface area contributed by atoms with E-state index in [4.69, 9.17) is 5.73 Å². The topological polar surface area (TPSA) is 26.0 Å². The minimum Gasteiger partial charge on any atom is -0.324 e. The second kappa shape index (κ2) is 5.71. The van der Waals surface area contributed by atoms with Gasteiger partial charge in [-0.15, -0.1) is 0 Å². The first-order valence-corrected chi connectivity index (χ1v) is 6.66. The highest BCUT2D eigenvalue weighted by Crippen LogP contribution is 2.25. The third kappa shape index (κ3) is 2.88. The van der Waals surface area contributed by atoms with Crippen LogP contribution < -0.4 is 5.73 Å². The second-order valence-electron chi connectivity index (χ2n) is 5.30. The Morgan fingerprint density at radius 1 is 0.950 bits per heavy atom. The van der Waals surface area contributed by atoms with Crippen LogP contribution in [0.4, 0.5) is 8.78 Å². The highest BCUT2D eigenvalue weighted by molar-refractivity contribution is 5.39. The molecule has 0 aliphatic carbocycles. The molecule has 0 aliphatic heterocycles. The van der Waals surface area contributed by atoms with Crippen molar-refractivity contribution in [2.45, 2.75) is 33.2 Å². The molecule has 0 heterocycles. The monoisotopic (exact) mass is 275 g/mol.